The van der Waals surface area contributed by atoms with E-state index in [4.69, 9.17) is 25.5 Å². The van der Waals surface area contributed by atoms with Crippen molar-refractivity contribution in [2.75, 3.05) is 6.54 Å². The van der Waals surface area contributed by atoms with Crippen molar-refractivity contribution in [2.24, 2.45) is 17.8 Å². The second-order valence-corrected chi connectivity index (χ2v) is 13.7. The van der Waals surface area contributed by atoms with Crippen molar-refractivity contribution in [1.82, 2.24) is 15.5 Å². The van der Waals surface area contributed by atoms with E-state index in [1.165, 1.54) is 0 Å². The fourth-order valence-corrected chi connectivity index (χ4v) is 6.30. The van der Waals surface area contributed by atoms with Gasteiger partial charge >= 0.3 is 29.8 Å². The molecule has 0 saturated carbocycles. The largest absolute Gasteiger partial charge is 0.481 e. The van der Waals surface area contributed by atoms with Gasteiger partial charge in [0.1, 0.15) is 18.1 Å². The lowest BCUT2D eigenvalue weighted by molar-refractivity contribution is -0.150. The SMILES string of the molecule is CCCC(CCC)C(=O)N1CCC[C@H]1C(=O)O.CCCC(CCC)C(=O)N[C@@H](CC(=O)O)C(=O)O.CCCC(CCC)C(=O)N[C@@H](CCC(=O)O)C(=O)O. The van der Waals surface area contributed by atoms with Gasteiger partial charge in [-0.05, 0) is 57.8 Å². The smallest absolute Gasteiger partial charge is 0.326 e. The van der Waals surface area contributed by atoms with E-state index in [1.54, 1.807) is 4.90 Å². The molecule has 0 aromatic carbocycles. The van der Waals surface area contributed by atoms with E-state index < -0.39 is 54.4 Å². The summed E-state index contributed by atoms with van der Waals surface area (Å²) in [5.41, 5.74) is 0. The number of carbonyl (C=O) groups is 8. The van der Waals surface area contributed by atoms with E-state index in [9.17, 15) is 38.4 Å². The third-order valence-electron chi connectivity index (χ3n) is 8.99. The maximum atomic E-state index is 12.3. The summed E-state index contributed by atoms with van der Waals surface area (Å²) in [5.74, 6) is -6.71. The highest BCUT2D eigenvalue weighted by Crippen LogP contribution is 2.24. The van der Waals surface area contributed by atoms with E-state index in [1.807, 2.05) is 27.7 Å². The van der Waals surface area contributed by atoms with Crippen LogP contribution in [0.2, 0.25) is 0 Å². The molecule has 0 bridgehead atoms. The monoisotopic (exact) mass is 773 g/mol. The lowest BCUT2D eigenvalue weighted by Gasteiger charge is -2.26. The molecule has 0 spiro atoms. The van der Waals surface area contributed by atoms with Crippen molar-refractivity contribution in [3.05, 3.63) is 0 Å². The van der Waals surface area contributed by atoms with Gasteiger partial charge in [-0.25, -0.2) is 14.4 Å². The highest BCUT2D eigenvalue weighted by molar-refractivity contribution is 5.88. The summed E-state index contributed by atoms with van der Waals surface area (Å²) in [4.78, 5) is 91.5. The van der Waals surface area contributed by atoms with Gasteiger partial charge in [0.2, 0.25) is 17.7 Å². The number of aliphatic carboxylic acids is 5. The quantitative estimate of drug-likeness (QED) is 0.0633. The molecule has 54 heavy (non-hydrogen) atoms. The van der Waals surface area contributed by atoms with Crippen LogP contribution < -0.4 is 10.6 Å². The summed E-state index contributed by atoms with van der Waals surface area (Å²) in [5, 5.41) is 48.7. The number of nitrogens with zero attached hydrogens (tertiary/aromatic N) is 1. The average Bonchev–Trinajstić information content (AvgIpc) is 3.60. The summed E-state index contributed by atoms with van der Waals surface area (Å²) >= 11 is 0. The number of likely N-dealkylation sites (tertiary alicyclic amines) is 1. The molecule has 3 atom stereocenters. The van der Waals surface area contributed by atoms with Gasteiger partial charge in [-0.3, -0.25) is 24.0 Å². The molecule has 1 heterocycles. The van der Waals surface area contributed by atoms with Crippen molar-refractivity contribution in [3.8, 4) is 0 Å². The number of hydrogen-bond donors (Lipinski definition) is 7. The van der Waals surface area contributed by atoms with Crippen LogP contribution in [0.3, 0.4) is 0 Å². The summed E-state index contributed by atoms with van der Waals surface area (Å²) in [6, 6.07) is -3.07. The second-order valence-electron chi connectivity index (χ2n) is 13.7. The molecular formula is C38H67N3O13. The first kappa shape index (κ1) is 51.9. The van der Waals surface area contributed by atoms with Crippen LogP contribution in [-0.4, -0.2) is 103 Å². The molecular weight excluding hydrogens is 706 g/mol. The van der Waals surface area contributed by atoms with E-state index >= 15 is 0 Å². The third-order valence-corrected chi connectivity index (χ3v) is 8.99. The maximum Gasteiger partial charge on any atom is 0.326 e. The van der Waals surface area contributed by atoms with Gasteiger partial charge in [-0.15, -0.1) is 0 Å². The second kappa shape index (κ2) is 30.1. The van der Waals surface area contributed by atoms with Crippen molar-refractivity contribution >= 4 is 47.6 Å². The average molecular weight is 774 g/mol. The Balaban J connectivity index is 0. The lowest BCUT2D eigenvalue weighted by atomic mass is 9.96. The fourth-order valence-electron chi connectivity index (χ4n) is 6.30. The Hall–Kier alpha value is -4.24. The van der Waals surface area contributed by atoms with Crippen LogP contribution in [0.25, 0.3) is 0 Å². The van der Waals surface area contributed by atoms with Gasteiger partial charge < -0.3 is 41.1 Å². The number of carboxylic acids is 5. The summed E-state index contributed by atoms with van der Waals surface area (Å²) < 4.78 is 0. The predicted molar refractivity (Wildman–Crippen MR) is 201 cm³/mol. The van der Waals surface area contributed by atoms with Gasteiger partial charge in [0.15, 0.2) is 0 Å². The Morgan fingerprint density at radius 1 is 0.556 bits per heavy atom. The van der Waals surface area contributed by atoms with Gasteiger partial charge in [-0.2, -0.15) is 0 Å². The molecule has 1 fully saturated rings. The van der Waals surface area contributed by atoms with Crippen molar-refractivity contribution in [2.45, 2.75) is 169 Å². The predicted octanol–water partition coefficient (Wildman–Crippen LogP) is 5.16. The Morgan fingerprint density at radius 3 is 1.28 bits per heavy atom. The van der Waals surface area contributed by atoms with E-state index in [0.717, 1.165) is 57.8 Å². The molecule has 16 heteroatoms. The highest BCUT2D eigenvalue weighted by Gasteiger charge is 2.36. The Labute approximate surface area is 319 Å². The first-order valence-electron chi connectivity index (χ1n) is 19.5. The Kier molecular flexibility index (Phi) is 28.9. The zero-order chi connectivity index (χ0) is 41.8. The van der Waals surface area contributed by atoms with Gasteiger partial charge in [0.05, 0.1) is 6.42 Å². The van der Waals surface area contributed by atoms with Gasteiger partial charge in [-0.1, -0.05) is 80.1 Å². The minimum absolute atomic E-state index is 0.0185. The number of hydrogen-bond acceptors (Lipinski definition) is 8. The number of carbonyl (C=O) groups excluding carboxylic acids is 3. The Bertz CT molecular complexity index is 1160. The molecule has 16 nitrogen and oxygen atoms in total. The number of amides is 3. The third kappa shape index (κ3) is 22.1. The molecule has 0 aromatic heterocycles. The molecule has 1 aliphatic rings. The molecule has 0 aliphatic carbocycles. The first-order chi connectivity index (χ1) is 25.4. The van der Waals surface area contributed by atoms with Crippen LogP contribution in [0.5, 0.6) is 0 Å². The topological polar surface area (TPSA) is 265 Å². The molecule has 1 rings (SSSR count). The molecule has 312 valence electrons. The number of rotatable bonds is 25. The molecule has 1 aliphatic heterocycles. The zero-order valence-electron chi connectivity index (χ0n) is 33.1. The number of nitrogens with one attached hydrogen (secondary N) is 2. The van der Waals surface area contributed by atoms with E-state index in [-0.39, 0.29) is 48.3 Å². The first-order valence-corrected chi connectivity index (χ1v) is 19.5. The van der Waals surface area contributed by atoms with Crippen LogP contribution in [0, 0.1) is 17.8 Å². The molecule has 1 saturated heterocycles. The van der Waals surface area contributed by atoms with Crippen LogP contribution in [0.15, 0.2) is 0 Å². The number of carboxylic acid groups (broad SMARTS) is 5. The summed E-state index contributed by atoms with van der Waals surface area (Å²) in [6.45, 7) is 12.6. The van der Waals surface area contributed by atoms with Crippen LogP contribution >= 0.6 is 0 Å². The van der Waals surface area contributed by atoms with Crippen LogP contribution in [-0.2, 0) is 38.4 Å². The Morgan fingerprint density at radius 2 is 0.944 bits per heavy atom. The van der Waals surface area contributed by atoms with E-state index in [0.29, 0.717) is 38.6 Å². The van der Waals surface area contributed by atoms with Crippen molar-refractivity contribution in [3.63, 3.8) is 0 Å². The molecule has 7 N–H and O–H groups in total. The van der Waals surface area contributed by atoms with Gasteiger partial charge in [0, 0.05) is 30.7 Å². The standard InChI is InChI=1S/C13H23NO5.C13H23NO3.C12H21NO5/c1-3-5-9(6-4-2)12(17)14-10(13(18)19)7-8-11(15)16;1-3-6-10(7-4-2)12(15)14-9-5-8-11(14)13(16)17;1-3-5-8(6-4-2)11(16)13-9(12(17)18)7-10(14)15/h9-10H,3-8H2,1-2H3,(H,14,17)(H,15,16)(H,18,19);10-11H,3-9H2,1-2H3,(H,16,17);8-9H,3-7H2,1-2H3,(H,13,16)(H,14,15)(H,17,18)/t10-;11-;9-/m000/s1. The molecule has 0 aromatic rings. The van der Waals surface area contributed by atoms with Crippen LogP contribution in [0.4, 0.5) is 0 Å². The molecule has 0 unspecified atom stereocenters. The van der Waals surface area contributed by atoms with Crippen molar-refractivity contribution < 1.29 is 63.9 Å². The summed E-state index contributed by atoms with van der Waals surface area (Å²) in [7, 11) is 0. The van der Waals surface area contributed by atoms with E-state index in [2.05, 4.69) is 24.5 Å². The molecule has 3 amide bonds. The molecule has 0 radical (unpaired) electrons. The zero-order valence-corrected chi connectivity index (χ0v) is 33.1. The van der Waals surface area contributed by atoms with Crippen molar-refractivity contribution in [1.29, 1.82) is 0 Å². The fraction of sp³-hybridized carbons (Fsp3) is 0.789. The summed E-state index contributed by atoms with van der Waals surface area (Å²) in [6.07, 6.45) is 10.3. The van der Waals surface area contributed by atoms with Crippen LogP contribution in [0.1, 0.15) is 151 Å². The minimum atomic E-state index is -1.36. The lowest BCUT2D eigenvalue weighted by Crippen LogP contribution is -2.44. The van der Waals surface area contributed by atoms with Gasteiger partial charge in [0.25, 0.3) is 0 Å². The highest BCUT2D eigenvalue weighted by atomic mass is 16.4. The maximum absolute atomic E-state index is 12.3. The minimum Gasteiger partial charge on any atom is -0.481 e. The normalized spacial score (nSPS) is 14.6.